The Morgan fingerprint density at radius 2 is 2.13 bits per heavy atom. The van der Waals surface area contributed by atoms with Gasteiger partial charge in [-0.1, -0.05) is 25.6 Å². The zero-order valence-corrected chi connectivity index (χ0v) is 10.5. The van der Waals surface area contributed by atoms with Crippen molar-refractivity contribution in [1.29, 1.82) is 0 Å². The van der Waals surface area contributed by atoms with Crippen LogP contribution in [0.1, 0.15) is 32.5 Å². The van der Waals surface area contributed by atoms with Gasteiger partial charge in [0.2, 0.25) is 5.16 Å². The molecule has 86 valence electrons. The Morgan fingerprint density at radius 3 is 2.67 bits per heavy atom. The highest BCUT2D eigenvalue weighted by atomic mass is 32.2. The largest absolute Gasteiger partial charge is 0.313 e. The molecule has 2 N–H and O–H groups in total. The van der Waals surface area contributed by atoms with Gasteiger partial charge < -0.3 is 5.32 Å². The monoisotopic (exact) mass is 228 g/mol. The lowest BCUT2D eigenvalue weighted by Crippen LogP contribution is -2.29. The van der Waals surface area contributed by atoms with Crippen molar-refractivity contribution in [1.82, 2.24) is 20.5 Å². The second kappa shape index (κ2) is 6.85. The van der Waals surface area contributed by atoms with Gasteiger partial charge in [-0.3, -0.25) is 5.10 Å². The minimum Gasteiger partial charge on any atom is -0.313 e. The van der Waals surface area contributed by atoms with E-state index in [4.69, 9.17) is 0 Å². The highest BCUT2D eigenvalue weighted by Gasteiger charge is 2.03. The van der Waals surface area contributed by atoms with Gasteiger partial charge in [0.15, 0.2) is 0 Å². The number of aromatic nitrogens is 3. The standard InChI is InChI=1S/C10H20N4S/c1-4-9(5-2)11-6-7-15-10-12-8(3)13-14-10/h9,11H,4-7H2,1-3H3,(H,12,13,14). The van der Waals surface area contributed by atoms with Gasteiger partial charge in [0.05, 0.1) is 0 Å². The molecule has 0 unspecified atom stereocenters. The summed E-state index contributed by atoms with van der Waals surface area (Å²) in [5, 5.41) is 11.3. The van der Waals surface area contributed by atoms with Crippen LogP contribution in [-0.4, -0.2) is 33.5 Å². The van der Waals surface area contributed by atoms with Crippen LogP contribution in [0.3, 0.4) is 0 Å². The van der Waals surface area contributed by atoms with Crippen LogP contribution in [0.2, 0.25) is 0 Å². The first-order chi connectivity index (χ1) is 7.26. The quantitative estimate of drug-likeness (QED) is 0.553. The van der Waals surface area contributed by atoms with Gasteiger partial charge in [-0.15, -0.1) is 5.10 Å². The molecule has 0 aliphatic rings. The number of rotatable bonds is 7. The SMILES string of the molecule is CCC(CC)NCCSc1n[nH]c(C)n1. The first kappa shape index (κ1) is 12.5. The van der Waals surface area contributed by atoms with E-state index in [1.165, 1.54) is 12.8 Å². The van der Waals surface area contributed by atoms with Crippen LogP contribution < -0.4 is 5.32 Å². The van der Waals surface area contributed by atoms with E-state index in [0.29, 0.717) is 6.04 Å². The predicted octanol–water partition coefficient (Wildman–Crippen LogP) is 1.98. The number of hydrogen-bond donors (Lipinski definition) is 2. The summed E-state index contributed by atoms with van der Waals surface area (Å²) in [5.74, 6) is 1.90. The summed E-state index contributed by atoms with van der Waals surface area (Å²) in [5.41, 5.74) is 0. The van der Waals surface area contributed by atoms with Gasteiger partial charge in [-0.2, -0.15) is 0 Å². The van der Waals surface area contributed by atoms with Crippen LogP contribution >= 0.6 is 11.8 Å². The van der Waals surface area contributed by atoms with Crippen molar-refractivity contribution >= 4 is 11.8 Å². The Kier molecular flexibility index (Phi) is 5.71. The highest BCUT2D eigenvalue weighted by molar-refractivity contribution is 7.99. The van der Waals surface area contributed by atoms with Gasteiger partial charge >= 0.3 is 0 Å². The Hall–Kier alpha value is -0.550. The molecule has 0 aliphatic heterocycles. The highest BCUT2D eigenvalue weighted by Crippen LogP contribution is 2.10. The zero-order chi connectivity index (χ0) is 11.1. The molecule has 0 spiro atoms. The molecule has 0 fully saturated rings. The van der Waals surface area contributed by atoms with Gasteiger partial charge in [-0.05, 0) is 19.8 Å². The van der Waals surface area contributed by atoms with E-state index in [1.54, 1.807) is 11.8 Å². The van der Waals surface area contributed by atoms with Gasteiger partial charge in [0.25, 0.3) is 0 Å². The Labute approximate surface area is 95.6 Å². The molecule has 1 aromatic heterocycles. The van der Waals surface area contributed by atoms with E-state index in [2.05, 4.69) is 34.3 Å². The normalized spacial score (nSPS) is 11.2. The van der Waals surface area contributed by atoms with E-state index >= 15 is 0 Å². The van der Waals surface area contributed by atoms with E-state index in [-0.39, 0.29) is 0 Å². The number of thioether (sulfide) groups is 1. The summed E-state index contributed by atoms with van der Waals surface area (Å²) in [4.78, 5) is 4.24. The van der Waals surface area contributed by atoms with Crippen molar-refractivity contribution in [3.8, 4) is 0 Å². The number of aryl methyl sites for hydroxylation is 1. The number of nitrogens with zero attached hydrogens (tertiary/aromatic N) is 2. The van der Waals surface area contributed by atoms with E-state index < -0.39 is 0 Å². The topological polar surface area (TPSA) is 53.6 Å². The Balaban J connectivity index is 2.11. The summed E-state index contributed by atoms with van der Waals surface area (Å²) in [7, 11) is 0. The van der Waals surface area contributed by atoms with Crippen molar-refractivity contribution in [2.24, 2.45) is 0 Å². The van der Waals surface area contributed by atoms with E-state index in [9.17, 15) is 0 Å². The van der Waals surface area contributed by atoms with Gasteiger partial charge in [0, 0.05) is 18.3 Å². The maximum absolute atomic E-state index is 4.24. The molecule has 1 rings (SSSR count). The van der Waals surface area contributed by atoms with Crippen molar-refractivity contribution in [2.45, 2.75) is 44.8 Å². The molecule has 1 heterocycles. The fraction of sp³-hybridized carbons (Fsp3) is 0.800. The lowest BCUT2D eigenvalue weighted by atomic mass is 10.2. The minimum absolute atomic E-state index is 0.652. The summed E-state index contributed by atoms with van der Waals surface area (Å²) in [6.07, 6.45) is 2.39. The Morgan fingerprint density at radius 1 is 1.40 bits per heavy atom. The predicted molar refractivity (Wildman–Crippen MR) is 64.2 cm³/mol. The summed E-state index contributed by atoms with van der Waals surface area (Å²) in [6, 6.07) is 0.652. The molecule has 5 heteroatoms. The molecule has 0 bridgehead atoms. The Bertz CT molecular complexity index is 270. The molecule has 4 nitrogen and oxygen atoms in total. The lowest BCUT2D eigenvalue weighted by molar-refractivity contribution is 0.501. The maximum atomic E-state index is 4.24. The third-order valence-corrected chi connectivity index (χ3v) is 3.18. The van der Waals surface area contributed by atoms with Crippen molar-refractivity contribution in [3.63, 3.8) is 0 Å². The van der Waals surface area contributed by atoms with Crippen LogP contribution in [0.4, 0.5) is 0 Å². The fourth-order valence-electron chi connectivity index (χ4n) is 1.37. The molecular formula is C10H20N4S. The molecular weight excluding hydrogens is 208 g/mol. The fourth-order valence-corrected chi connectivity index (χ4v) is 2.08. The molecule has 0 amide bonds. The third-order valence-electron chi connectivity index (χ3n) is 2.33. The number of nitrogens with one attached hydrogen (secondary N) is 2. The molecule has 0 atom stereocenters. The van der Waals surface area contributed by atoms with Gasteiger partial charge in [0.1, 0.15) is 5.82 Å². The van der Waals surface area contributed by atoms with Crippen molar-refractivity contribution in [3.05, 3.63) is 5.82 Å². The summed E-state index contributed by atoms with van der Waals surface area (Å²) >= 11 is 1.69. The van der Waals surface area contributed by atoms with Crippen LogP contribution in [0.25, 0.3) is 0 Å². The molecule has 0 saturated carbocycles. The van der Waals surface area contributed by atoms with E-state index in [1.807, 2.05) is 6.92 Å². The molecule has 0 radical (unpaired) electrons. The summed E-state index contributed by atoms with van der Waals surface area (Å²) < 4.78 is 0. The second-order valence-electron chi connectivity index (χ2n) is 3.52. The van der Waals surface area contributed by atoms with Crippen LogP contribution in [-0.2, 0) is 0 Å². The van der Waals surface area contributed by atoms with Crippen LogP contribution in [0.15, 0.2) is 5.16 Å². The smallest absolute Gasteiger partial charge is 0.208 e. The minimum atomic E-state index is 0.652. The van der Waals surface area contributed by atoms with Crippen LogP contribution in [0.5, 0.6) is 0 Å². The third kappa shape index (κ3) is 4.66. The van der Waals surface area contributed by atoms with E-state index in [0.717, 1.165) is 23.3 Å². The van der Waals surface area contributed by atoms with Crippen molar-refractivity contribution in [2.75, 3.05) is 12.3 Å². The van der Waals surface area contributed by atoms with Crippen LogP contribution in [0, 0.1) is 6.92 Å². The molecule has 1 aromatic rings. The number of H-pyrrole nitrogens is 1. The molecule has 15 heavy (non-hydrogen) atoms. The van der Waals surface area contributed by atoms with Crippen molar-refractivity contribution < 1.29 is 0 Å². The summed E-state index contributed by atoms with van der Waals surface area (Å²) in [6.45, 7) is 7.37. The van der Waals surface area contributed by atoms with Gasteiger partial charge in [-0.25, -0.2) is 4.98 Å². The zero-order valence-electron chi connectivity index (χ0n) is 9.71. The first-order valence-electron chi connectivity index (χ1n) is 5.51. The average Bonchev–Trinajstić information content (AvgIpc) is 2.65. The first-order valence-corrected chi connectivity index (χ1v) is 6.50. The average molecular weight is 228 g/mol. The molecule has 0 aliphatic carbocycles. The number of aromatic amines is 1. The molecule has 0 saturated heterocycles. The second-order valence-corrected chi connectivity index (χ2v) is 4.58. The maximum Gasteiger partial charge on any atom is 0.208 e. The molecule has 0 aromatic carbocycles. The number of hydrogen-bond acceptors (Lipinski definition) is 4. The lowest BCUT2D eigenvalue weighted by Gasteiger charge is -2.13.